The monoisotopic (exact) mass is 309 g/mol. The van der Waals surface area contributed by atoms with Gasteiger partial charge < -0.3 is 4.90 Å². The molecular formula is C15H20BrNO. The van der Waals surface area contributed by atoms with E-state index in [1.165, 1.54) is 6.42 Å². The van der Waals surface area contributed by atoms with Crippen LogP contribution < -0.4 is 0 Å². The number of hydrogen-bond acceptors (Lipinski definition) is 1. The molecule has 1 amide bonds. The van der Waals surface area contributed by atoms with Crippen molar-refractivity contribution in [3.05, 3.63) is 34.3 Å². The maximum Gasteiger partial charge on any atom is 0.254 e. The molecule has 0 aliphatic carbocycles. The van der Waals surface area contributed by atoms with Gasteiger partial charge in [0.2, 0.25) is 0 Å². The van der Waals surface area contributed by atoms with Crippen LogP contribution in [0.4, 0.5) is 0 Å². The van der Waals surface area contributed by atoms with Crippen molar-refractivity contribution in [2.75, 3.05) is 13.1 Å². The third kappa shape index (κ3) is 3.14. The second kappa shape index (κ2) is 5.43. The summed E-state index contributed by atoms with van der Waals surface area (Å²) < 4.78 is 0.888. The Bertz CT molecular complexity index is 442. The molecule has 1 fully saturated rings. The van der Waals surface area contributed by atoms with Gasteiger partial charge in [-0.2, -0.15) is 0 Å². The second-order valence-electron chi connectivity index (χ2n) is 5.79. The van der Waals surface area contributed by atoms with Crippen LogP contribution in [0.25, 0.3) is 0 Å². The summed E-state index contributed by atoms with van der Waals surface area (Å²) in [6.07, 6.45) is 3.39. The number of benzene rings is 1. The second-order valence-corrected chi connectivity index (χ2v) is 6.64. The van der Waals surface area contributed by atoms with Crippen molar-refractivity contribution in [2.24, 2.45) is 5.41 Å². The molecule has 1 aliphatic heterocycles. The molecule has 98 valence electrons. The first-order valence-electron chi connectivity index (χ1n) is 6.53. The van der Waals surface area contributed by atoms with Gasteiger partial charge in [0.15, 0.2) is 0 Å². The Hall–Kier alpha value is -0.830. The van der Waals surface area contributed by atoms with Crippen LogP contribution in [-0.2, 0) is 0 Å². The van der Waals surface area contributed by atoms with E-state index in [0.29, 0.717) is 5.41 Å². The number of carbonyl (C=O) groups is 1. The fourth-order valence-corrected chi connectivity index (χ4v) is 2.89. The van der Waals surface area contributed by atoms with Crippen molar-refractivity contribution in [3.8, 4) is 0 Å². The maximum atomic E-state index is 12.5. The van der Waals surface area contributed by atoms with Crippen LogP contribution >= 0.6 is 15.9 Å². The summed E-state index contributed by atoms with van der Waals surface area (Å²) >= 11 is 3.46. The van der Waals surface area contributed by atoms with E-state index < -0.39 is 0 Å². The van der Waals surface area contributed by atoms with Gasteiger partial charge in [-0.25, -0.2) is 0 Å². The van der Waals surface area contributed by atoms with Crippen LogP contribution in [0.1, 0.15) is 43.5 Å². The minimum Gasteiger partial charge on any atom is -0.339 e. The highest BCUT2D eigenvalue weighted by atomic mass is 79.9. The number of halogens is 1. The van der Waals surface area contributed by atoms with E-state index in [4.69, 9.17) is 0 Å². The summed E-state index contributed by atoms with van der Waals surface area (Å²) in [5.74, 6) is 0.153. The van der Waals surface area contributed by atoms with Crippen molar-refractivity contribution in [1.82, 2.24) is 4.90 Å². The zero-order chi connectivity index (χ0) is 13.2. The SMILES string of the molecule is CC1(C)CCCN(C(=O)c2ccccc2Br)CC1. The van der Waals surface area contributed by atoms with Gasteiger partial charge in [0.1, 0.15) is 0 Å². The number of likely N-dealkylation sites (tertiary alicyclic amines) is 1. The fraction of sp³-hybridized carbons (Fsp3) is 0.533. The molecule has 0 unspecified atom stereocenters. The highest BCUT2D eigenvalue weighted by molar-refractivity contribution is 9.10. The van der Waals surface area contributed by atoms with Crippen LogP contribution in [0.2, 0.25) is 0 Å². The zero-order valence-electron chi connectivity index (χ0n) is 11.1. The van der Waals surface area contributed by atoms with Gasteiger partial charge >= 0.3 is 0 Å². The molecule has 1 aromatic rings. The molecule has 0 atom stereocenters. The Balaban J connectivity index is 2.13. The molecule has 1 saturated heterocycles. The number of nitrogens with zero attached hydrogens (tertiary/aromatic N) is 1. The van der Waals surface area contributed by atoms with E-state index in [9.17, 15) is 4.79 Å². The summed E-state index contributed by atoms with van der Waals surface area (Å²) in [5.41, 5.74) is 1.14. The molecule has 1 aliphatic rings. The summed E-state index contributed by atoms with van der Waals surface area (Å²) in [6.45, 7) is 6.33. The number of carbonyl (C=O) groups excluding carboxylic acids is 1. The van der Waals surface area contributed by atoms with Gasteiger partial charge in [-0.05, 0) is 52.7 Å². The van der Waals surface area contributed by atoms with Crippen molar-refractivity contribution in [2.45, 2.75) is 33.1 Å². The summed E-state index contributed by atoms with van der Waals surface area (Å²) in [5, 5.41) is 0. The lowest BCUT2D eigenvalue weighted by Gasteiger charge is -2.23. The molecule has 1 aromatic carbocycles. The van der Waals surface area contributed by atoms with Crippen LogP contribution in [0.5, 0.6) is 0 Å². The molecule has 0 spiro atoms. The third-order valence-electron chi connectivity index (χ3n) is 3.73. The number of amides is 1. The number of hydrogen-bond donors (Lipinski definition) is 0. The number of rotatable bonds is 1. The first-order chi connectivity index (χ1) is 8.49. The van der Waals surface area contributed by atoms with Gasteiger partial charge in [0.05, 0.1) is 5.56 Å². The Morgan fingerprint density at radius 3 is 2.67 bits per heavy atom. The Kier molecular flexibility index (Phi) is 4.10. The Morgan fingerprint density at radius 2 is 1.94 bits per heavy atom. The molecule has 18 heavy (non-hydrogen) atoms. The standard InChI is InChI=1S/C15H20BrNO/c1-15(2)8-5-10-17(11-9-15)14(18)12-6-3-4-7-13(12)16/h3-4,6-7H,5,8-11H2,1-2H3. The summed E-state index contributed by atoms with van der Waals surface area (Å²) in [7, 11) is 0. The lowest BCUT2D eigenvalue weighted by atomic mass is 9.85. The quantitative estimate of drug-likeness (QED) is 0.764. The van der Waals surface area contributed by atoms with Gasteiger partial charge in [0, 0.05) is 17.6 Å². The molecule has 0 radical (unpaired) electrons. The van der Waals surface area contributed by atoms with Crippen molar-refractivity contribution in [3.63, 3.8) is 0 Å². The third-order valence-corrected chi connectivity index (χ3v) is 4.42. The smallest absolute Gasteiger partial charge is 0.254 e. The summed E-state index contributed by atoms with van der Waals surface area (Å²) in [4.78, 5) is 14.5. The first-order valence-corrected chi connectivity index (χ1v) is 7.33. The molecule has 0 saturated carbocycles. The molecule has 1 heterocycles. The first kappa shape index (κ1) is 13.6. The van der Waals surface area contributed by atoms with Crippen molar-refractivity contribution in [1.29, 1.82) is 0 Å². The fourth-order valence-electron chi connectivity index (χ4n) is 2.43. The van der Waals surface area contributed by atoms with Gasteiger partial charge in [-0.15, -0.1) is 0 Å². The van der Waals surface area contributed by atoms with Crippen LogP contribution in [0.15, 0.2) is 28.7 Å². The van der Waals surface area contributed by atoms with E-state index in [-0.39, 0.29) is 5.91 Å². The molecule has 3 heteroatoms. The van der Waals surface area contributed by atoms with Crippen LogP contribution in [0, 0.1) is 5.41 Å². The largest absolute Gasteiger partial charge is 0.339 e. The van der Waals surface area contributed by atoms with E-state index in [0.717, 1.165) is 36.0 Å². The summed E-state index contributed by atoms with van der Waals surface area (Å²) in [6, 6.07) is 7.67. The van der Waals surface area contributed by atoms with E-state index in [1.54, 1.807) is 0 Å². The van der Waals surface area contributed by atoms with E-state index in [1.807, 2.05) is 29.2 Å². The van der Waals surface area contributed by atoms with Gasteiger partial charge in [-0.3, -0.25) is 4.79 Å². The molecule has 0 bridgehead atoms. The molecule has 2 nitrogen and oxygen atoms in total. The van der Waals surface area contributed by atoms with Gasteiger partial charge in [-0.1, -0.05) is 26.0 Å². The average molecular weight is 310 g/mol. The normalized spacial score (nSPS) is 19.4. The predicted molar refractivity (Wildman–Crippen MR) is 77.7 cm³/mol. The Morgan fingerprint density at radius 1 is 1.22 bits per heavy atom. The highest BCUT2D eigenvalue weighted by Gasteiger charge is 2.26. The minimum atomic E-state index is 0.153. The lowest BCUT2D eigenvalue weighted by Crippen LogP contribution is -2.32. The highest BCUT2D eigenvalue weighted by Crippen LogP contribution is 2.30. The zero-order valence-corrected chi connectivity index (χ0v) is 12.7. The topological polar surface area (TPSA) is 20.3 Å². The van der Waals surface area contributed by atoms with Crippen molar-refractivity contribution < 1.29 is 4.79 Å². The molecule has 0 N–H and O–H groups in total. The van der Waals surface area contributed by atoms with E-state index in [2.05, 4.69) is 29.8 Å². The molecular weight excluding hydrogens is 290 g/mol. The molecule has 2 rings (SSSR count). The predicted octanol–water partition coefficient (Wildman–Crippen LogP) is 4.10. The van der Waals surface area contributed by atoms with Crippen LogP contribution in [0.3, 0.4) is 0 Å². The van der Waals surface area contributed by atoms with Crippen LogP contribution in [-0.4, -0.2) is 23.9 Å². The Labute approximate surface area is 117 Å². The maximum absolute atomic E-state index is 12.5. The van der Waals surface area contributed by atoms with Crippen molar-refractivity contribution >= 4 is 21.8 Å². The average Bonchev–Trinajstić information content (AvgIpc) is 2.50. The van der Waals surface area contributed by atoms with Gasteiger partial charge in [0.25, 0.3) is 5.91 Å². The van der Waals surface area contributed by atoms with E-state index >= 15 is 0 Å². The minimum absolute atomic E-state index is 0.153. The molecule has 0 aromatic heterocycles. The lowest BCUT2D eigenvalue weighted by molar-refractivity contribution is 0.0756.